The summed E-state index contributed by atoms with van der Waals surface area (Å²) in [6.07, 6.45) is 0. The molecule has 7 nitrogen and oxygen atoms in total. The fourth-order valence-corrected chi connectivity index (χ4v) is 3.11. The molecule has 0 aliphatic heterocycles. The highest BCUT2D eigenvalue weighted by molar-refractivity contribution is 14.0. The van der Waals surface area contributed by atoms with Crippen molar-refractivity contribution in [1.29, 1.82) is 0 Å². The number of guanidine groups is 1. The van der Waals surface area contributed by atoms with Crippen molar-refractivity contribution in [2.45, 2.75) is 19.2 Å². The Bertz CT molecular complexity index is 869. The number of halogens is 3. The number of ether oxygens (including phenoxy) is 3. The van der Waals surface area contributed by atoms with E-state index in [1.54, 1.807) is 39.5 Å². The summed E-state index contributed by atoms with van der Waals surface area (Å²) in [4.78, 5) is 6.30. The first kappa shape index (κ1) is 27.7. The van der Waals surface area contributed by atoms with Gasteiger partial charge in [-0.1, -0.05) is 24.3 Å². The van der Waals surface area contributed by atoms with Crippen LogP contribution in [0.4, 0.5) is 8.78 Å². The highest BCUT2D eigenvalue weighted by Crippen LogP contribution is 2.31. The largest absolute Gasteiger partial charge is 0.493 e. The monoisotopic (exact) mass is 564 g/mol. The normalized spacial score (nSPS) is 12.2. The van der Waals surface area contributed by atoms with Gasteiger partial charge in [-0.2, -0.15) is 8.78 Å². The predicted octanol–water partition coefficient (Wildman–Crippen LogP) is 3.89. The fraction of sp³-hybridized carbons (Fsp3) is 0.409. The molecule has 0 radical (unpaired) electrons. The van der Waals surface area contributed by atoms with E-state index in [2.05, 4.69) is 25.3 Å². The van der Waals surface area contributed by atoms with Gasteiger partial charge in [-0.05, 0) is 37.9 Å². The van der Waals surface area contributed by atoms with E-state index in [0.29, 0.717) is 29.6 Å². The molecule has 0 saturated carbocycles. The number of nitrogens with zero attached hydrogens (tertiary/aromatic N) is 2. The molecular formula is C22H31F2IN4O3. The van der Waals surface area contributed by atoms with Crippen LogP contribution in [0, 0.1) is 0 Å². The van der Waals surface area contributed by atoms with Gasteiger partial charge in [-0.3, -0.25) is 4.99 Å². The lowest BCUT2D eigenvalue weighted by Crippen LogP contribution is -2.41. The summed E-state index contributed by atoms with van der Waals surface area (Å²) in [7, 11) is 8.82. The Morgan fingerprint density at radius 3 is 2.28 bits per heavy atom. The van der Waals surface area contributed by atoms with E-state index in [1.807, 2.05) is 32.3 Å². The Kier molecular flexibility index (Phi) is 12.1. The zero-order valence-electron chi connectivity index (χ0n) is 18.9. The van der Waals surface area contributed by atoms with Crippen LogP contribution in [0.3, 0.4) is 0 Å². The van der Waals surface area contributed by atoms with Gasteiger partial charge < -0.3 is 29.7 Å². The molecule has 2 rings (SSSR count). The molecule has 0 bridgehead atoms. The van der Waals surface area contributed by atoms with E-state index in [1.165, 1.54) is 6.07 Å². The molecule has 2 aromatic rings. The number of hydrogen-bond acceptors (Lipinski definition) is 5. The van der Waals surface area contributed by atoms with Crippen LogP contribution in [-0.4, -0.2) is 59.4 Å². The van der Waals surface area contributed by atoms with Crippen LogP contribution < -0.4 is 24.8 Å². The van der Waals surface area contributed by atoms with Crippen molar-refractivity contribution in [2.75, 3.05) is 41.9 Å². The summed E-state index contributed by atoms with van der Waals surface area (Å²) in [5, 5.41) is 6.42. The van der Waals surface area contributed by atoms with E-state index in [4.69, 9.17) is 9.47 Å². The molecule has 0 heterocycles. The average Bonchev–Trinajstić information content (AvgIpc) is 2.76. The molecule has 2 N–H and O–H groups in total. The quantitative estimate of drug-likeness (QED) is 0.260. The summed E-state index contributed by atoms with van der Waals surface area (Å²) in [6, 6.07) is 12.5. The molecule has 0 saturated heterocycles. The summed E-state index contributed by atoms with van der Waals surface area (Å²) < 4.78 is 40.5. The minimum atomic E-state index is -2.87. The molecule has 178 valence electrons. The van der Waals surface area contributed by atoms with Crippen molar-refractivity contribution in [3.63, 3.8) is 0 Å². The molecule has 32 heavy (non-hydrogen) atoms. The lowest BCUT2D eigenvalue weighted by atomic mass is 10.1. The number of para-hydroxylation sites is 1. The maximum absolute atomic E-state index is 12.6. The topological polar surface area (TPSA) is 67.4 Å². The van der Waals surface area contributed by atoms with Gasteiger partial charge in [0.2, 0.25) is 0 Å². The van der Waals surface area contributed by atoms with Gasteiger partial charge >= 0.3 is 6.61 Å². The van der Waals surface area contributed by atoms with Crippen LogP contribution in [0.5, 0.6) is 17.2 Å². The van der Waals surface area contributed by atoms with Crippen molar-refractivity contribution in [3.05, 3.63) is 53.6 Å². The Hall–Kier alpha value is -2.34. The molecular weight excluding hydrogens is 533 g/mol. The van der Waals surface area contributed by atoms with Gasteiger partial charge in [0.15, 0.2) is 17.5 Å². The summed E-state index contributed by atoms with van der Waals surface area (Å²) in [5.74, 6) is 2.00. The van der Waals surface area contributed by atoms with Crippen LogP contribution >= 0.6 is 24.0 Å². The molecule has 0 amide bonds. The molecule has 2 aromatic carbocycles. The molecule has 10 heteroatoms. The second-order valence-electron chi connectivity index (χ2n) is 6.89. The van der Waals surface area contributed by atoms with Crippen LogP contribution in [0.25, 0.3) is 0 Å². The molecule has 0 aromatic heterocycles. The maximum Gasteiger partial charge on any atom is 0.387 e. The van der Waals surface area contributed by atoms with Gasteiger partial charge in [0.05, 0.1) is 20.3 Å². The molecule has 0 spiro atoms. The second-order valence-corrected chi connectivity index (χ2v) is 6.89. The van der Waals surface area contributed by atoms with E-state index < -0.39 is 6.61 Å². The number of likely N-dealkylation sites (N-methyl/N-ethyl adjacent to an activating group) is 1. The van der Waals surface area contributed by atoms with Crippen LogP contribution in [0.1, 0.15) is 17.2 Å². The first-order valence-corrected chi connectivity index (χ1v) is 9.75. The van der Waals surface area contributed by atoms with Gasteiger partial charge in [0.25, 0.3) is 0 Å². The van der Waals surface area contributed by atoms with Crippen molar-refractivity contribution >= 4 is 29.9 Å². The molecule has 0 aliphatic rings. The highest BCUT2D eigenvalue weighted by Gasteiger charge is 2.17. The standard InChI is InChI=1S/C22H30F2N4O3.HI/c1-25-22(26-13-16-8-6-7-9-18(16)31-21(23)24)27-14-17(28(2)3)15-10-11-19(29-4)20(12-15)30-5;/h6-12,17,21H,13-14H2,1-5H3,(H2,25,26,27);1H. The maximum atomic E-state index is 12.6. The van der Waals surface area contributed by atoms with E-state index in [0.717, 1.165) is 5.56 Å². The first-order valence-electron chi connectivity index (χ1n) is 9.75. The second kappa shape index (κ2) is 13.9. The number of benzene rings is 2. The SMILES string of the molecule is CN=C(NCc1ccccc1OC(F)F)NCC(c1ccc(OC)c(OC)c1)N(C)C.I. The Balaban J connectivity index is 0.00000512. The lowest BCUT2D eigenvalue weighted by Gasteiger charge is -2.26. The molecule has 0 fully saturated rings. The molecule has 1 unspecified atom stereocenters. The Morgan fingerprint density at radius 1 is 1.00 bits per heavy atom. The van der Waals surface area contributed by atoms with Crippen molar-refractivity contribution in [3.8, 4) is 17.2 Å². The number of methoxy groups -OCH3 is 2. The number of alkyl halides is 2. The highest BCUT2D eigenvalue weighted by atomic mass is 127. The third kappa shape index (κ3) is 7.97. The van der Waals surface area contributed by atoms with Gasteiger partial charge in [-0.25, -0.2) is 0 Å². The zero-order chi connectivity index (χ0) is 22.8. The number of nitrogens with one attached hydrogen (secondary N) is 2. The Labute approximate surface area is 205 Å². The smallest absolute Gasteiger partial charge is 0.387 e. The van der Waals surface area contributed by atoms with Gasteiger partial charge in [0.1, 0.15) is 5.75 Å². The van der Waals surface area contributed by atoms with Crippen LogP contribution in [0.2, 0.25) is 0 Å². The van der Waals surface area contributed by atoms with E-state index >= 15 is 0 Å². The summed E-state index contributed by atoms with van der Waals surface area (Å²) >= 11 is 0. The third-order valence-corrected chi connectivity index (χ3v) is 4.74. The Morgan fingerprint density at radius 2 is 1.69 bits per heavy atom. The van der Waals surface area contributed by atoms with Gasteiger partial charge in [-0.15, -0.1) is 24.0 Å². The summed E-state index contributed by atoms with van der Waals surface area (Å²) in [6.45, 7) is -2.04. The molecule has 1 atom stereocenters. The van der Waals surface area contributed by atoms with Crippen LogP contribution in [-0.2, 0) is 6.54 Å². The summed E-state index contributed by atoms with van der Waals surface area (Å²) in [5.41, 5.74) is 1.65. The predicted molar refractivity (Wildman–Crippen MR) is 133 cm³/mol. The van der Waals surface area contributed by atoms with Crippen LogP contribution in [0.15, 0.2) is 47.5 Å². The van der Waals surface area contributed by atoms with E-state index in [-0.39, 0.29) is 42.3 Å². The third-order valence-electron chi connectivity index (χ3n) is 4.74. The van der Waals surface area contributed by atoms with Crippen molar-refractivity contribution in [1.82, 2.24) is 15.5 Å². The van der Waals surface area contributed by atoms with E-state index in [9.17, 15) is 8.78 Å². The average molecular weight is 564 g/mol. The van der Waals surface area contributed by atoms with Gasteiger partial charge in [0, 0.05) is 25.7 Å². The molecule has 0 aliphatic carbocycles. The minimum Gasteiger partial charge on any atom is -0.493 e. The van der Waals surface area contributed by atoms with Crippen molar-refractivity contribution < 1.29 is 23.0 Å². The number of hydrogen-bond donors (Lipinski definition) is 2. The fourth-order valence-electron chi connectivity index (χ4n) is 3.11. The van der Waals surface area contributed by atoms with Crippen molar-refractivity contribution in [2.24, 2.45) is 4.99 Å². The zero-order valence-corrected chi connectivity index (χ0v) is 21.2. The number of rotatable bonds is 10. The first-order chi connectivity index (χ1) is 14.9. The minimum absolute atomic E-state index is 0. The lowest BCUT2D eigenvalue weighted by molar-refractivity contribution is -0.0504. The number of aliphatic imine (C=N–C) groups is 1.